The van der Waals surface area contributed by atoms with E-state index in [1.54, 1.807) is 6.07 Å². The standard InChI is InChI=1S/C19H18O8/c1-25-14-8-10(4-6-12(14)20)5-7-13(21)16-11(19(23)24)9-15(26-2)17(22)18(16)27-3/h4-9,20,22H,1-3H3,(H,23,24). The van der Waals surface area contributed by atoms with Crippen molar-refractivity contribution in [3.63, 3.8) is 0 Å². The van der Waals surface area contributed by atoms with Gasteiger partial charge in [-0.3, -0.25) is 4.79 Å². The third-order valence-corrected chi connectivity index (χ3v) is 3.75. The van der Waals surface area contributed by atoms with E-state index < -0.39 is 17.5 Å². The molecular weight excluding hydrogens is 356 g/mol. The number of phenols is 2. The second-order valence-corrected chi connectivity index (χ2v) is 5.32. The quantitative estimate of drug-likeness (QED) is 0.499. The Labute approximate surface area is 154 Å². The maximum Gasteiger partial charge on any atom is 0.336 e. The van der Waals surface area contributed by atoms with Crippen LogP contribution >= 0.6 is 0 Å². The number of hydrogen-bond donors (Lipinski definition) is 3. The van der Waals surface area contributed by atoms with E-state index in [9.17, 15) is 24.9 Å². The van der Waals surface area contributed by atoms with Crippen molar-refractivity contribution in [3.8, 4) is 28.7 Å². The first-order valence-corrected chi connectivity index (χ1v) is 7.64. The van der Waals surface area contributed by atoms with Crippen LogP contribution in [0.1, 0.15) is 26.3 Å². The minimum atomic E-state index is -1.38. The van der Waals surface area contributed by atoms with Crippen LogP contribution in [0.25, 0.3) is 6.08 Å². The van der Waals surface area contributed by atoms with Crippen LogP contribution < -0.4 is 14.2 Å². The molecule has 2 rings (SSSR count). The van der Waals surface area contributed by atoms with Crippen molar-refractivity contribution in [2.24, 2.45) is 0 Å². The molecule has 0 atom stereocenters. The van der Waals surface area contributed by atoms with E-state index in [-0.39, 0.29) is 34.1 Å². The summed E-state index contributed by atoms with van der Waals surface area (Å²) in [6.07, 6.45) is 2.54. The number of rotatable bonds is 7. The molecule has 3 N–H and O–H groups in total. The highest BCUT2D eigenvalue weighted by Gasteiger charge is 2.26. The summed E-state index contributed by atoms with van der Waals surface area (Å²) >= 11 is 0. The fraction of sp³-hybridized carbons (Fsp3) is 0.158. The molecule has 2 aromatic rings. The lowest BCUT2D eigenvalue weighted by atomic mass is 9.99. The third kappa shape index (κ3) is 3.95. The van der Waals surface area contributed by atoms with Crippen LogP contribution in [0.3, 0.4) is 0 Å². The molecule has 2 aromatic carbocycles. The zero-order chi connectivity index (χ0) is 20.1. The molecule has 0 aliphatic carbocycles. The van der Waals surface area contributed by atoms with Crippen LogP contribution in [0, 0.1) is 0 Å². The molecule has 0 spiro atoms. The van der Waals surface area contributed by atoms with Crippen LogP contribution in [0.5, 0.6) is 28.7 Å². The van der Waals surface area contributed by atoms with Gasteiger partial charge in [0.25, 0.3) is 0 Å². The van der Waals surface area contributed by atoms with Gasteiger partial charge in [-0.15, -0.1) is 0 Å². The Morgan fingerprint density at radius 1 is 0.963 bits per heavy atom. The number of ketones is 1. The van der Waals surface area contributed by atoms with Crippen LogP contribution in [0.15, 0.2) is 30.3 Å². The molecule has 0 aliphatic rings. The number of ether oxygens (including phenoxy) is 3. The number of methoxy groups -OCH3 is 3. The molecule has 8 heteroatoms. The average molecular weight is 374 g/mol. The van der Waals surface area contributed by atoms with Gasteiger partial charge in [0.1, 0.15) is 0 Å². The molecule has 0 aromatic heterocycles. The zero-order valence-corrected chi connectivity index (χ0v) is 14.8. The lowest BCUT2D eigenvalue weighted by molar-refractivity contribution is 0.0691. The summed E-state index contributed by atoms with van der Waals surface area (Å²) in [5.74, 6) is -2.83. The summed E-state index contributed by atoms with van der Waals surface area (Å²) in [7, 11) is 3.84. The Kier molecular flexibility index (Phi) is 5.92. The number of aromatic carboxylic acids is 1. The summed E-state index contributed by atoms with van der Waals surface area (Å²) < 4.78 is 14.9. The van der Waals surface area contributed by atoms with E-state index in [0.717, 1.165) is 12.1 Å². The van der Waals surface area contributed by atoms with Crippen molar-refractivity contribution < 1.29 is 39.1 Å². The van der Waals surface area contributed by atoms with Gasteiger partial charge in [-0.25, -0.2) is 4.79 Å². The lowest BCUT2D eigenvalue weighted by Crippen LogP contribution is -2.10. The van der Waals surface area contributed by atoms with E-state index in [1.807, 2.05) is 0 Å². The molecule has 0 aliphatic heterocycles. The Bertz CT molecular complexity index is 914. The minimum Gasteiger partial charge on any atom is -0.504 e. The second-order valence-electron chi connectivity index (χ2n) is 5.32. The zero-order valence-electron chi connectivity index (χ0n) is 14.8. The molecule has 0 amide bonds. The Morgan fingerprint density at radius 3 is 2.19 bits per heavy atom. The number of carboxylic acids is 1. The SMILES string of the molecule is COc1cc(C=CC(=O)c2c(C(=O)O)cc(OC)c(O)c2OC)ccc1O. The van der Waals surface area contributed by atoms with Crippen LogP contribution in [0.4, 0.5) is 0 Å². The van der Waals surface area contributed by atoms with Crippen LogP contribution in [0.2, 0.25) is 0 Å². The molecule has 0 fully saturated rings. The summed E-state index contributed by atoms with van der Waals surface area (Å²) in [6, 6.07) is 5.48. The van der Waals surface area contributed by atoms with Crippen molar-refractivity contribution in [2.45, 2.75) is 0 Å². The fourth-order valence-corrected chi connectivity index (χ4v) is 2.44. The fourth-order valence-electron chi connectivity index (χ4n) is 2.44. The van der Waals surface area contributed by atoms with Gasteiger partial charge in [0.2, 0.25) is 5.75 Å². The predicted octanol–water partition coefficient (Wildman–Crippen LogP) is 2.72. The van der Waals surface area contributed by atoms with Gasteiger partial charge in [-0.2, -0.15) is 0 Å². The van der Waals surface area contributed by atoms with Gasteiger partial charge >= 0.3 is 5.97 Å². The Balaban J connectivity index is 2.52. The van der Waals surface area contributed by atoms with Gasteiger partial charge in [-0.1, -0.05) is 12.1 Å². The number of hydrogen-bond acceptors (Lipinski definition) is 7. The van der Waals surface area contributed by atoms with Gasteiger partial charge in [0.15, 0.2) is 28.8 Å². The number of carbonyl (C=O) groups excluding carboxylic acids is 1. The molecule has 0 bridgehead atoms. The first-order chi connectivity index (χ1) is 12.8. The topological polar surface area (TPSA) is 123 Å². The van der Waals surface area contributed by atoms with Gasteiger partial charge in [0, 0.05) is 0 Å². The number of carboxylic acid groups (broad SMARTS) is 1. The van der Waals surface area contributed by atoms with Crippen molar-refractivity contribution in [2.75, 3.05) is 21.3 Å². The van der Waals surface area contributed by atoms with Gasteiger partial charge in [0.05, 0.1) is 32.5 Å². The summed E-state index contributed by atoms with van der Waals surface area (Å²) in [4.78, 5) is 24.2. The first-order valence-electron chi connectivity index (χ1n) is 7.64. The first kappa shape index (κ1) is 19.6. The maximum atomic E-state index is 12.6. The van der Waals surface area contributed by atoms with E-state index in [0.29, 0.717) is 5.56 Å². The second kappa shape index (κ2) is 8.13. The maximum absolute atomic E-state index is 12.6. The summed E-state index contributed by atoms with van der Waals surface area (Å²) in [6.45, 7) is 0. The Morgan fingerprint density at radius 2 is 1.63 bits per heavy atom. The molecular formula is C19H18O8. The highest BCUT2D eigenvalue weighted by Crippen LogP contribution is 2.41. The van der Waals surface area contributed by atoms with Gasteiger partial charge in [-0.05, 0) is 29.8 Å². The number of carbonyl (C=O) groups is 2. The van der Waals surface area contributed by atoms with E-state index in [1.165, 1.54) is 39.5 Å². The molecule has 8 nitrogen and oxygen atoms in total. The summed E-state index contributed by atoms with van der Waals surface area (Å²) in [5, 5.41) is 29.2. The summed E-state index contributed by atoms with van der Waals surface area (Å²) in [5.41, 5.74) is -0.156. The van der Waals surface area contributed by atoms with Crippen LogP contribution in [-0.2, 0) is 0 Å². The minimum absolute atomic E-state index is 0.0594. The molecule has 0 saturated heterocycles. The molecule has 0 radical (unpaired) electrons. The van der Waals surface area contributed by atoms with Crippen molar-refractivity contribution in [3.05, 3.63) is 47.0 Å². The monoisotopic (exact) mass is 374 g/mol. The largest absolute Gasteiger partial charge is 0.504 e. The third-order valence-electron chi connectivity index (χ3n) is 3.75. The highest BCUT2D eigenvalue weighted by atomic mass is 16.5. The van der Waals surface area contributed by atoms with E-state index in [2.05, 4.69) is 0 Å². The molecule has 0 unspecified atom stereocenters. The number of phenolic OH excluding ortho intramolecular Hbond substituents is 2. The molecule has 0 heterocycles. The van der Waals surface area contributed by atoms with Gasteiger partial charge < -0.3 is 29.5 Å². The highest BCUT2D eigenvalue weighted by molar-refractivity contribution is 6.15. The number of aromatic hydroxyl groups is 2. The normalized spacial score (nSPS) is 10.6. The van der Waals surface area contributed by atoms with E-state index >= 15 is 0 Å². The van der Waals surface area contributed by atoms with Crippen molar-refractivity contribution >= 4 is 17.8 Å². The molecule has 142 valence electrons. The Hall–Kier alpha value is -3.68. The lowest BCUT2D eigenvalue weighted by Gasteiger charge is -2.14. The molecule has 27 heavy (non-hydrogen) atoms. The van der Waals surface area contributed by atoms with Crippen molar-refractivity contribution in [1.29, 1.82) is 0 Å². The molecule has 0 saturated carbocycles. The average Bonchev–Trinajstić information content (AvgIpc) is 2.66. The predicted molar refractivity (Wildman–Crippen MR) is 96.2 cm³/mol. The number of benzene rings is 2. The van der Waals surface area contributed by atoms with E-state index in [4.69, 9.17) is 14.2 Å². The van der Waals surface area contributed by atoms with Crippen LogP contribution in [-0.4, -0.2) is 48.4 Å². The smallest absolute Gasteiger partial charge is 0.336 e. The van der Waals surface area contributed by atoms with Crippen molar-refractivity contribution in [1.82, 2.24) is 0 Å². The number of allylic oxidation sites excluding steroid dienone is 1.